The van der Waals surface area contributed by atoms with Crippen molar-refractivity contribution in [2.24, 2.45) is 11.7 Å². The predicted molar refractivity (Wildman–Crippen MR) is 88.2 cm³/mol. The van der Waals surface area contributed by atoms with Crippen LogP contribution in [0.15, 0.2) is 36.4 Å². The Morgan fingerprint density at radius 3 is 2.74 bits per heavy atom. The molecule has 0 bridgehead atoms. The monoisotopic (exact) mass is 334 g/mol. The molecule has 0 spiro atoms. The standard InChI is InChI=1S/C17H19FN2O2S/c18-17-12(6-5-11-3-1-2-4-13(11)17)7-20-8-14-15(19)10-23(21,22)16(14)9-20/h1-6,14-16H,7-10,19H2/t14-,15+,16-/m0/s1. The highest BCUT2D eigenvalue weighted by molar-refractivity contribution is 7.92. The number of likely N-dealkylation sites (tertiary alicyclic amines) is 1. The second-order valence-electron chi connectivity index (χ2n) is 6.65. The third-order valence-electron chi connectivity index (χ3n) is 5.16. The van der Waals surface area contributed by atoms with E-state index in [0.29, 0.717) is 30.6 Å². The summed E-state index contributed by atoms with van der Waals surface area (Å²) < 4.78 is 38.9. The van der Waals surface area contributed by atoms with E-state index in [1.54, 1.807) is 12.1 Å². The molecule has 0 aliphatic carbocycles. The lowest BCUT2D eigenvalue weighted by atomic mass is 10.0. The first kappa shape index (κ1) is 15.1. The quantitative estimate of drug-likeness (QED) is 0.905. The van der Waals surface area contributed by atoms with Crippen LogP contribution < -0.4 is 5.73 Å². The first-order valence-electron chi connectivity index (χ1n) is 7.81. The average molecular weight is 334 g/mol. The summed E-state index contributed by atoms with van der Waals surface area (Å²) in [6.07, 6.45) is 0. The molecule has 6 heteroatoms. The fourth-order valence-electron chi connectivity index (χ4n) is 3.96. The lowest BCUT2D eigenvalue weighted by Crippen LogP contribution is -2.33. The zero-order valence-electron chi connectivity index (χ0n) is 12.7. The van der Waals surface area contributed by atoms with Gasteiger partial charge in [0.15, 0.2) is 9.84 Å². The van der Waals surface area contributed by atoms with E-state index < -0.39 is 9.84 Å². The molecule has 23 heavy (non-hydrogen) atoms. The highest BCUT2D eigenvalue weighted by atomic mass is 32.2. The molecular weight excluding hydrogens is 315 g/mol. The van der Waals surface area contributed by atoms with Gasteiger partial charge in [-0.25, -0.2) is 12.8 Å². The Kier molecular flexibility index (Phi) is 3.44. The van der Waals surface area contributed by atoms with Crippen molar-refractivity contribution < 1.29 is 12.8 Å². The minimum atomic E-state index is -3.10. The van der Waals surface area contributed by atoms with Crippen LogP contribution in [-0.4, -0.2) is 43.5 Å². The number of fused-ring (bicyclic) bond motifs is 2. The summed E-state index contributed by atoms with van der Waals surface area (Å²) in [5.74, 6) is -0.156. The van der Waals surface area contributed by atoms with Gasteiger partial charge in [0.05, 0.1) is 11.0 Å². The minimum Gasteiger partial charge on any atom is -0.326 e. The molecule has 0 amide bonds. The first-order valence-corrected chi connectivity index (χ1v) is 9.53. The molecule has 2 heterocycles. The molecule has 2 fully saturated rings. The third kappa shape index (κ3) is 2.45. The summed E-state index contributed by atoms with van der Waals surface area (Å²) in [7, 11) is -3.10. The molecule has 0 unspecified atom stereocenters. The van der Waals surface area contributed by atoms with Crippen LogP contribution in [0.1, 0.15) is 5.56 Å². The van der Waals surface area contributed by atoms with Crippen molar-refractivity contribution in [3.8, 4) is 0 Å². The van der Waals surface area contributed by atoms with Crippen molar-refractivity contribution in [2.75, 3.05) is 18.8 Å². The minimum absolute atomic E-state index is 0.0245. The van der Waals surface area contributed by atoms with E-state index in [0.717, 1.165) is 5.39 Å². The van der Waals surface area contributed by atoms with Gasteiger partial charge in [-0.2, -0.15) is 0 Å². The molecule has 122 valence electrons. The zero-order chi connectivity index (χ0) is 16.2. The SMILES string of the molecule is N[C@@H]1CS(=O)(=O)[C@H]2CN(Cc3ccc4ccccc4c3F)C[C@@H]12. The van der Waals surface area contributed by atoms with Gasteiger partial charge in [-0.3, -0.25) is 4.90 Å². The Morgan fingerprint density at radius 1 is 1.17 bits per heavy atom. The second-order valence-corrected chi connectivity index (χ2v) is 8.91. The second kappa shape index (κ2) is 5.26. The van der Waals surface area contributed by atoms with Crippen LogP contribution in [0.3, 0.4) is 0 Å². The summed E-state index contributed by atoms with van der Waals surface area (Å²) in [5.41, 5.74) is 6.58. The number of hydrogen-bond donors (Lipinski definition) is 1. The van der Waals surface area contributed by atoms with Crippen LogP contribution in [0.4, 0.5) is 4.39 Å². The van der Waals surface area contributed by atoms with Crippen molar-refractivity contribution in [1.82, 2.24) is 4.90 Å². The lowest BCUT2D eigenvalue weighted by Gasteiger charge is -2.19. The number of sulfone groups is 1. The third-order valence-corrected chi connectivity index (χ3v) is 7.43. The van der Waals surface area contributed by atoms with Crippen LogP contribution in [0, 0.1) is 11.7 Å². The molecule has 4 rings (SSSR count). The summed E-state index contributed by atoms with van der Waals surface area (Å²) >= 11 is 0. The fraction of sp³-hybridized carbons (Fsp3) is 0.412. The van der Waals surface area contributed by atoms with Crippen LogP contribution >= 0.6 is 0 Å². The summed E-state index contributed by atoms with van der Waals surface area (Å²) in [6.45, 7) is 1.50. The van der Waals surface area contributed by atoms with Crippen LogP contribution in [-0.2, 0) is 16.4 Å². The molecule has 2 aliphatic heterocycles. The van der Waals surface area contributed by atoms with Crippen molar-refractivity contribution in [1.29, 1.82) is 0 Å². The Hall–Kier alpha value is -1.50. The van der Waals surface area contributed by atoms with E-state index in [-0.39, 0.29) is 28.8 Å². The Bertz CT molecular complexity index is 868. The Labute approximate surface area is 135 Å². The van der Waals surface area contributed by atoms with Gasteiger partial charge in [-0.15, -0.1) is 0 Å². The first-order chi connectivity index (χ1) is 11.0. The highest BCUT2D eigenvalue weighted by Crippen LogP contribution is 2.34. The molecule has 4 nitrogen and oxygen atoms in total. The zero-order valence-corrected chi connectivity index (χ0v) is 13.5. The number of nitrogens with zero attached hydrogens (tertiary/aromatic N) is 1. The number of halogens is 1. The average Bonchev–Trinajstić information content (AvgIpc) is 3.03. The van der Waals surface area contributed by atoms with E-state index in [4.69, 9.17) is 5.73 Å². The fourth-order valence-corrected chi connectivity index (χ4v) is 6.25. The number of benzene rings is 2. The number of nitrogens with two attached hydrogens (primary N) is 1. The molecule has 2 aromatic carbocycles. The normalized spacial score (nSPS) is 29.9. The van der Waals surface area contributed by atoms with Gasteiger partial charge in [0.2, 0.25) is 0 Å². The van der Waals surface area contributed by atoms with Gasteiger partial charge >= 0.3 is 0 Å². The van der Waals surface area contributed by atoms with Crippen molar-refractivity contribution in [3.63, 3.8) is 0 Å². The van der Waals surface area contributed by atoms with E-state index in [9.17, 15) is 12.8 Å². The maximum Gasteiger partial charge on any atom is 0.156 e. The maximum absolute atomic E-state index is 14.7. The maximum atomic E-state index is 14.7. The Balaban J connectivity index is 1.59. The largest absolute Gasteiger partial charge is 0.326 e. The smallest absolute Gasteiger partial charge is 0.156 e. The lowest BCUT2D eigenvalue weighted by molar-refractivity contribution is 0.304. The van der Waals surface area contributed by atoms with Gasteiger partial charge in [0.25, 0.3) is 0 Å². The van der Waals surface area contributed by atoms with Gasteiger partial charge in [-0.1, -0.05) is 36.4 Å². The van der Waals surface area contributed by atoms with Crippen molar-refractivity contribution in [2.45, 2.75) is 17.8 Å². The molecule has 0 saturated carbocycles. The molecule has 2 aliphatic rings. The van der Waals surface area contributed by atoms with Crippen LogP contribution in [0.2, 0.25) is 0 Å². The number of rotatable bonds is 2. The van der Waals surface area contributed by atoms with E-state index in [2.05, 4.69) is 0 Å². The number of hydrogen-bond acceptors (Lipinski definition) is 4. The van der Waals surface area contributed by atoms with Crippen molar-refractivity contribution >= 4 is 20.6 Å². The molecule has 2 saturated heterocycles. The molecule has 0 aromatic heterocycles. The molecular formula is C17H19FN2O2S. The van der Waals surface area contributed by atoms with Gasteiger partial charge < -0.3 is 5.73 Å². The molecule has 3 atom stereocenters. The van der Waals surface area contributed by atoms with Crippen LogP contribution in [0.25, 0.3) is 10.8 Å². The van der Waals surface area contributed by atoms with E-state index in [1.165, 1.54) is 0 Å². The highest BCUT2D eigenvalue weighted by Gasteiger charge is 2.50. The van der Waals surface area contributed by atoms with Gasteiger partial charge in [-0.05, 0) is 5.39 Å². The van der Waals surface area contributed by atoms with E-state index >= 15 is 0 Å². The topological polar surface area (TPSA) is 63.4 Å². The molecule has 2 N–H and O–H groups in total. The molecule has 2 aromatic rings. The van der Waals surface area contributed by atoms with Crippen molar-refractivity contribution in [3.05, 3.63) is 47.8 Å². The van der Waals surface area contributed by atoms with E-state index in [1.807, 2.05) is 29.2 Å². The summed E-state index contributed by atoms with van der Waals surface area (Å²) in [4.78, 5) is 2.01. The summed E-state index contributed by atoms with van der Waals surface area (Å²) in [5, 5.41) is 1.09. The molecule has 0 radical (unpaired) electrons. The predicted octanol–water partition coefficient (Wildman–Crippen LogP) is 1.54. The van der Waals surface area contributed by atoms with Gasteiger partial charge in [0, 0.05) is 42.5 Å². The Morgan fingerprint density at radius 2 is 1.96 bits per heavy atom. The van der Waals surface area contributed by atoms with Crippen LogP contribution in [0.5, 0.6) is 0 Å². The van der Waals surface area contributed by atoms with Gasteiger partial charge in [0.1, 0.15) is 5.82 Å². The summed E-state index contributed by atoms with van der Waals surface area (Å²) in [6, 6.07) is 10.8.